The number of nitrogens with zero attached hydrogens (tertiary/aromatic N) is 2. The maximum Gasteiger partial charge on any atom is 0.271 e. The second kappa shape index (κ2) is 6.27. The Labute approximate surface area is 128 Å². The van der Waals surface area contributed by atoms with Gasteiger partial charge in [0, 0.05) is 12.1 Å². The number of aryl methyl sites for hydroxylation is 1. The molecule has 0 aliphatic rings. The number of hydrogen-bond acceptors (Lipinski definition) is 4. The number of nitriles is 1. The molecule has 0 saturated heterocycles. The van der Waals surface area contributed by atoms with Crippen molar-refractivity contribution in [3.05, 3.63) is 63.2 Å². The zero-order valence-corrected chi connectivity index (χ0v) is 12.7. The molecule has 0 saturated carbocycles. The minimum atomic E-state index is -0.536. The zero-order valence-electron chi connectivity index (χ0n) is 12.7. The van der Waals surface area contributed by atoms with Crippen molar-refractivity contribution in [3.8, 4) is 17.6 Å². The molecule has 2 rings (SSSR count). The predicted molar refractivity (Wildman–Crippen MR) is 83.2 cm³/mol. The number of nitro benzene ring substituents is 1. The summed E-state index contributed by atoms with van der Waals surface area (Å²) >= 11 is 0. The van der Waals surface area contributed by atoms with Crippen molar-refractivity contribution in [2.24, 2.45) is 0 Å². The molecule has 0 aliphatic heterocycles. The lowest BCUT2D eigenvalue weighted by Crippen LogP contribution is -1.95. The molecule has 0 unspecified atom stereocenters. The van der Waals surface area contributed by atoms with Gasteiger partial charge in [-0.2, -0.15) is 5.26 Å². The van der Waals surface area contributed by atoms with E-state index in [9.17, 15) is 10.1 Å². The number of benzene rings is 2. The molecule has 22 heavy (non-hydrogen) atoms. The van der Waals surface area contributed by atoms with E-state index in [4.69, 9.17) is 10.00 Å². The van der Waals surface area contributed by atoms with Crippen molar-refractivity contribution in [2.45, 2.75) is 26.7 Å². The van der Waals surface area contributed by atoms with E-state index >= 15 is 0 Å². The first kappa shape index (κ1) is 15.5. The van der Waals surface area contributed by atoms with E-state index in [0.29, 0.717) is 17.4 Å². The van der Waals surface area contributed by atoms with Gasteiger partial charge < -0.3 is 4.74 Å². The molecule has 2 aromatic rings. The quantitative estimate of drug-likeness (QED) is 0.605. The number of rotatable bonds is 4. The van der Waals surface area contributed by atoms with Crippen LogP contribution >= 0.6 is 0 Å². The van der Waals surface area contributed by atoms with Crippen LogP contribution in [-0.4, -0.2) is 4.92 Å². The molecule has 5 nitrogen and oxygen atoms in total. The Hall–Kier alpha value is -2.87. The Morgan fingerprint density at radius 1 is 1.23 bits per heavy atom. The summed E-state index contributed by atoms with van der Waals surface area (Å²) in [6, 6.07) is 11.6. The molecule has 0 radical (unpaired) electrons. The highest BCUT2D eigenvalue weighted by atomic mass is 16.6. The fourth-order valence-electron chi connectivity index (χ4n) is 2.29. The SMILES string of the molecule is Cc1cc(Oc2ccc([N+](=O)[O-])cc2C#N)ccc1C(C)C. The minimum Gasteiger partial charge on any atom is -0.456 e. The van der Waals surface area contributed by atoms with Crippen LogP contribution in [-0.2, 0) is 0 Å². The summed E-state index contributed by atoms with van der Waals surface area (Å²) in [5.74, 6) is 1.33. The van der Waals surface area contributed by atoms with E-state index in [1.807, 2.05) is 31.2 Å². The summed E-state index contributed by atoms with van der Waals surface area (Å²) in [6.45, 7) is 6.24. The smallest absolute Gasteiger partial charge is 0.271 e. The lowest BCUT2D eigenvalue weighted by molar-refractivity contribution is -0.384. The molecule has 0 N–H and O–H groups in total. The summed E-state index contributed by atoms with van der Waals surface area (Å²) in [6.07, 6.45) is 0. The summed E-state index contributed by atoms with van der Waals surface area (Å²) in [5.41, 5.74) is 2.35. The monoisotopic (exact) mass is 296 g/mol. The lowest BCUT2D eigenvalue weighted by atomic mass is 9.98. The van der Waals surface area contributed by atoms with Gasteiger partial charge in [0.05, 0.1) is 4.92 Å². The molecule has 0 amide bonds. The Kier molecular flexibility index (Phi) is 4.42. The Bertz CT molecular complexity index is 761. The van der Waals surface area contributed by atoms with Crippen LogP contribution in [0.3, 0.4) is 0 Å². The normalized spacial score (nSPS) is 10.3. The molecule has 5 heteroatoms. The van der Waals surface area contributed by atoms with E-state index < -0.39 is 4.92 Å². The van der Waals surface area contributed by atoms with Gasteiger partial charge in [0.2, 0.25) is 0 Å². The first-order valence-corrected chi connectivity index (χ1v) is 6.89. The van der Waals surface area contributed by atoms with Gasteiger partial charge in [-0.05, 0) is 42.2 Å². The van der Waals surface area contributed by atoms with E-state index in [-0.39, 0.29) is 11.3 Å². The summed E-state index contributed by atoms with van der Waals surface area (Å²) < 4.78 is 5.71. The molecule has 0 aliphatic carbocycles. The van der Waals surface area contributed by atoms with Crippen molar-refractivity contribution in [3.63, 3.8) is 0 Å². The molecule has 0 aromatic heterocycles. The third kappa shape index (κ3) is 3.23. The van der Waals surface area contributed by atoms with Crippen molar-refractivity contribution >= 4 is 5.69 Å². The van der Waals surface area contributed by atoms with E-state index in [1.165, 1.54) is 23.8 Å². The topological polar surface area (TPSA) is 76.2 Å². The largest absolute Gasteiger partial charge is 0.456 e. The average Bonchev–Trinajstić information content (AvgIpc) is 2.47. The molecule has 0 fully saturated rings. The lowest BCUT2D eigenvalue weighted by Gasteiger charge is -2.12. The molecule has 0 bridgehead atoms. The minimum absolute atomic E-state index is 0.129. The zero-order chi connectivity index (χ0) is 16.3. The molecule has 0 spiro atoms. The third-order valence-electron chi connectivity index (χ3n) is 3.39. The van der Waals surface area contributed by atoms with E-state index in [1.54, 1.807) is 0 Å². The van der Waals surface area contributed by atoms with Gasteiger partial charge >= 0.3 is 0 Å². The van der Waals surface area contributed by atoms with Gasteiger partial charge in [-0.1, -0.05) is 19.9 Å². The first-order chi connectivity index (χ1) is 10.4. The Balaban J connectivity index is 2.33. The maximum atomic E-state index is 10.7. The van der Waals surface area contributed by atoms with Gasteiger partial charge in [0.1, 0.15) is 23.1 Å². The molecule has 0 heterocycles. The van der Waals surface area contributed by atoms with Crippen LogP contribution in [0.1, 0.15) is 36.5 Å². The summed E-state index contributed by atoms with van der Waals surface area (Å²) in [7, 11) is 0. The van der Waals surface area contributed by atoms with Crippen LogP contribution in [0.5, 0.6) is 11.5 Å². The standard InChI is InChI=1S/C17H16N2O3/c1-11(2)16-6-5-15(8-12(16)3)22-17-7-4-14(19(20)21)9-13(17)10-18/h4-9,11H,1-3H3. The summed E-state index contributed by atoms with van der Waals surface area (Å²) in [5, 5.41) is 19.9. The van der Waals surface area contributed by atoms with Gasteiger partial charge in [-0.15, -0.1) is 0 Å². The van der Waals surface area contributed by atoms with E-state index in [0.717, 1.165) is 5.56 Å². The van der Waals surface area contributed by atoms with Crippen molar-refractivity contribution < 1.29 is 9.66 Å². The van der Waals surface area contributed by atoms with Crippen LogP contribution in [0, 0.1) is 28.4 Å². The highest BCUT2D eigenvalue weighted by Gasteiger charge is 2.13. The third-order valence-corrected chi connectivity index (χ3v) is 3.39. The van der Waals surface area contributed by atoms with Crippen molar-refractivity contribution in [1.82, 2.24) is 0 Å². The van der Waals surface area contributed by atoms with Crippen LogP contribution in [0.25, 0.3) is 0 Å². The molecule has 2 aromatic carbocycles. The van der Waals surface area contributed by atoms with Gasteiger partial charge in [0.15, 0.2) is 0 Å². The van der Waals surface area contributed by atoms with Gasteiger partial charge in [-0.25, -0.2) is 0 Å². The van der Waals surface area contributed by atoms with Crippen LogP contribution in [0.2, 0.25) is 0 Å². The van der Waals surface area contributed by atoms with Gasteiger partial charge in [-0.3, -0.25) is 10.1 Å². The van der Waals surface area contributed by atoms with Crippen LogP contribution in [0.15, 0.2) is 36.4 Å². The summed E-state index contributed by atoms with van der Waals surface area (Å²) in [4.78, 5) is 10.2. The van der Waals surface area contributed by atoms with Crippen molar-refractivity contribution in [2.75, 3.05) is 0 Å². The Morgan fingerprint density at radius 3 is 2.50 bits per heavy atom. The fraction of sp³-hybridized carbons (Fsp3) is 0.235. The first-order valence-electron chi connectivity index (χ1n) is 6.89. The second-order valence-corrected chi connectivity index (χ2v) is 5.32. The number of non-ortho nitro benzene ring substituents is 1. The number of nitro groups is 1. The second-order valence-electron chi connectivity index (χ2n) is 5.32. The molecular weight excluding hydrogens is 280 g/mol. The Morgan fingerprint density at radius 2 is 1.95 bits per heavy atom. The fourth-order valence-corrected chi connectivity index (χ4v) is 2.29. The predicted octanol–water partition coefficient (Wildman–Crippen LogP) is 4.69. The number of ether oxygens (including phenoxy) is 1. The molecule has 0 atom stereocenters. The maximum absolute atomic E-state index is 10.7. The highest BCUT2D eigenvalue weighted by Crippen LogP contribution is 2.30. The van der Waals surface area contributed by atoms with Crippen LogP contribution < -0.4 is 4.74 Å². The average molecular weight is 296 g/mol. The van der Waals surface area contributed by atoms with Gasteiger partial charge in [0.25, 0.3) is 5.69 Å². The molecular formula is C17H16N2O3. The van der Waals surface area contributed by atoms with Crippen molar-refractivity contribution in [1.29, 1.82) is 5.26 Å². The molecule has 112 valence electrons. The van der Waals surface area contributed by atoms with Crippen LogP contribution in [0.4, 0.5) is 5.69 Å². The van der Waals surface area contributed by atoms with E-state index in [2.05, 4.69) is 13.8 Å². The number of hydrogen-bond donors (Lipinski definition) is 0. The highest BCUT2D eigenvalue weighted by molar-refractivity contribution is 5.52.